The summed E-state index contributed by atoms with van der Waals surface area (Å²) in [6, 6.07) is 0. The van der Waals surface area contributed by atoms with Crippen molar-refractivity contribution in [3.05, 3.63) is 33.9 Å². The first-order valence-electron chi connectivity index (χ1n) is 11.9. The number of cyclic esters (lactones) is 1. The van der Waals surface area contributed by atoms with E-state index in [2.05, 4.69) is 0 Å². The lowest BCUT2D eigenvalue weighted by molar-refractivity contribution is -0.170. The molecule has 7 nitrogen and oxygen atoms in total. The predicted molar refractivity (Wildman–Crippen MR) is 128 cm³/mol. The molecular weight excluding hydrogens is 479 g/mol. The van der Waals surface area contributed by atoms with E-state index in [0.29, 0.717) is 35.0 Å². The summed E-state index contributed by atoms with van der Waals surface area (Å²) in [4.78, 5) is 37.4. The molecule has 0 fully saturated rings. The van der Waals surface area contributed by atoms with Crippen LogP contribution in [0.1, 0.15) is 74.0 Å². The maximum atomic E-state index is 13.4. The molecule has 1 heterocycles. The lowest BCUT2D eigenvalue weighted by Crippen LogP contribution is -2.42. The SMILES string of the molecule is CCN(C(=O)C(F)(F)F)c1c(C/C=C(\C)CCC(=O)OCCC(C)C)c(OC)c(C)c2c1C(=O)OC2. The molecule has 36 heavy (non-hydrogen) atoms. The van der Waals surface area contributed by atoms with Gasteiger partial charge in [0.1, 0.15) is 12.4 Å². The van der Waals surface area contributed by atoms with E-state index in [1.165, 1.54) is 14.0 Å². The summed E-state index contributed by atoms with van der Waals surface area (Å²) in [6.45, 7) is 8.87. The van der Waals surface area contributed by atoms with Gasteiger partial charge in [-0.25, -0.2) is 4.79 Å². The van der Waals surface area contributed by atoms with Crippen LogP contribution in [-0.4, -0.2) is 44.3 Å². The van der Waals surface area contributed by atoms with Crippen LogP contribution in [0.2, 0.25) is 0 Å². The first kappa shape index (κ1) is 29.2. The van der Waals surface area contributed by atoms with Gasteiger partial charge in [0, 0.05) is 24.1 Å². The molecule has 0 bridgehead atoms. The summed E-state index contributed by atoms with van der Waals surface area (Å²) in [6.07, 6.45) is -1.98. The van der Waals surface area contributed by atoms with E-state index in [-0.39, 0.29) is 54.5 Å². The van der Waals surface area contributed by atoms with E-state index in [9.17, 15) is 27.6 Å². The Balaban J connectivity index is 2.43. The molecule has 0 saturated carbocycles. The average molecular weight is 514 g/mol. The van der Waals surface area contributed by atoms with Crippen molar-refractivity contribution >= 4 is 23.5 Å². The van der Waals surface area contributed by atoms with Gasteiger partial charge in [0.2, 0.25) is 0 Å². The zero-order valence-electron chi connectivity index (χ0n) is 21.6. The number of methoxy groups -OCH3 is 1. The minimum atomic E-state index is -5.14. The Morgan fingerprint density at radius 3 is 2.44 bits per heavy atom. The van der Waals surface area contributed by atoms with E-state index in [1.54, 1.807) is 19.9 Å². The topological polar surface area (TPSA) is 82.1 Å². The molecule has 0 aromatic heterocycles. The number of hydrogen-bond acceptors (Lipinski definition) is 6. The third-order valence-electron chi connectivity index (χ3n) is 6.06. The van der Waals surface area contributed by atoms with Crippen LogP contribution < -0.4 is 9.64 Å². The molecule has 0 atom stereocenters. The number of hydrogen-bond donors (Lipinski definition) is 0. The van der Waals surface area contributed by atoms with Crippen LogP contribution in [-0.2, 0) is 32.1 Å². The second-order valence-electron chi connectivity index (χ2n) is 9.12. The number of fused-ring (bicyclic) bond motifs is 1. The van der Waals surface area contributed by atoms with Crippen molar-refractivity contribution in [2.24, 2.45) is 5.92 Å². The smallest absolute Gasteiger partial charge is 0.471 e. The van der Waals surface area contributed by atoms with Gasteiger partial charge in [0.15, 0.2) is 0 Å². The van der Waals surface area contributed by atoms with Crippen molar-refractivity contribution in [1.82, 2.24) is 0 Å². The summed E-state index contributed by atoms with van der Waals surface area (Å²) in [5.41, 5.74) is 1.82. The summed E-state index contributed by atoms with van der Waals surface area (Å²) in [5, 5.41) is 0. The van der Waals surface area contributed by atoms with Crippen LogP contribution in [0.3, 0.4) is 0 Å². The normalized spacial score (nSPS) is 13.5. The van der Waals surface area contributed by atoms with E-state index in [0.717, 1.165) is 12.0 Å². The van der Waals surface area contributed by atoms with Gasteiger partial charge in [0.25, 0.3) is 0 Å². The van der Waals surface area contributed by atoms with Crippen molar-refractivity contribution in [1.29, 1.82) is 0 Å². The molecule has 1 aromatic carbocycles. The summed E-state index contributed by atoms with van der Waals surface area (Å²) in [7, 11) is 1.38. The minimum Gasteiger partial charge on any atom is -0.496 e. The van der Waals surface area contributed by atoms with Crippen LogP contribution >= 0.6 is 0 Å². The molecule has 0 spiro atoms. The highest BCUT2D eigenvalue weighted by Crippen LogP contribution is 2.44. The standard InChI is InChI=1S/C26H34F3NO6/c1-7-30(25(33)26(27,28)29)22-18(23(34-6)17(5)19-14-36-24(32)21(19)22)10-8-16(4)9-11-20(31)35-13-12-15(2)3/h8,15H,7,9-14H2,1-6H3/b16-8+. The number of nitrogens with zero attached hydrogens (tertiary/aromatic N) is 1. The number of carbonyl (C=O) groups excluding carboxylic acids is 3. The van der Waals surface area contributed by atoms with E-state index < -0.39 is 18.1 Å². The summed E-state index contributed by atoms with van der Waals surface area (Å²) < 4.78 is 56.2. The Morgan fingerprint density at radius 2 is 1.89 bits per heavy atom. The van der Waals surface area contributed by atoms with E-state index >= 15 is 0 Å². The molecule has 0 unspecified atom stereocenters. The molecule has 1 aliphatic heterocycles. The molecule has 1 amide bonds. The van der Waals surface area contributed by atoms with Gasteiger partial charge < -0.3 is 19.1 Å². The quantitative estimate of drug-likeness (QED) is 0.289. The minimum absolute atomic E-state index is 0.0532. The van der Waals surface area contributed by atoms with Crippen LogP contribution in [0.5, 0.6) is 5.75 Å². The Labute approximate surface area is 209 Å². The Hall–Kier alpha value is -3.04. The largest absolute Gasteiger partial charge is 0.496 e. The fourth-order valence-electron chi connectivity index (χ4n) is 4.04. The monoisotopic (exact) mass is 513 g/mol. The third-order valence-corrected chi connectivity index (χ3v) is 6.06. The van der Waals surface area contributed by atoms with Crippen molar-refractivity contribution in [2.75, 3.05) is 25.2 Å². The van der Waals surface area contributed by atoms with Crippen LogP contribution in [0.4, 0.5) is 18.9 Å². The predicted octanol–water partition coefficient (Wildman–Crippen LogP) is 5.45. The molecule has 1 aromatic rings. The molecule has 0 radical (unpaired) electrons. The fraction of sp³-hybridized carbons (Fsp3) is 0.577. The molecule has 0 N–H and O–H groups in total. The highest BCUT2D eigenvalue weighted by molar-refractivity contribution is 6.08. The van der Waals surface area contributed by atoms with Gasteiger partial charge in [-0.15, -0.1) is 0 Å². The number of alkyl halides is 3. The number of anilines is 1. The molecule has 200 valence electrons. The number of esters is 2. The first-order chi connectivity index (χ1) is 16.8. The van der Waals surface area contributed by atoms with Crippen molar-refractivity contribution in [2.45, 2.75) is 73.1 Å². The van der Waals surface area contributed by atoms with Crippen LogP contribution in [0.25, 0.3) is 0 Å². The van der Waals surface area contributed by atoms with Gasteiger partial charge in [-0.3, -0.25) is 9.59 Å². The van der Waals surface area contributed by atoms with Gasteiger partial charge in [-0.2, -0.15) is 13.2 Å². The zero-order chi connectivity index (χ0) is 27.2. The Kier molecular flexibility index (Phi) is 9.95. The Morgan fingerprint density at radius 1 is 1.22 bits per heavy atom. The number of amides is 1. The maximum Gasteiger partial charge on any atom is 0.471 e. The van der Waals surface area contributed by atoms with Crippen molar-refractivity contribution in [3.8, 4) is 5.75 Å². The molecular formula is C26H34F3NO6. The number of halogens is 3. The van der Waals surface area contributed by atoms with Gasteiger partial charge >= 0.3 is 24.0 Å². The molecule has 0 saturated heterocycles. The van der Waals surface area contributed by atoms with Crippen LogP contribution in [0, 0.1) is 12.8 Å². The van der Waals surface area contributed by atoms with Gasteiger partial charge in [0.05, 0.1) is 25.0 Å². The van der Waals surface area contributed by atoms with Gasteiger partial charge in [-0.05, 0) is 51.5 Å². The number of rotatable bonds is 11. The van der Waals surface area contributed by atoms with Crippen LogP contribution in [0.15, 0.2) is 11.6 Å². The molecule has 2 rings (SSSR count). The molecule has 10 heteroatoms. The maximum absolute atomic E-state index is 13.4. The number of allylic oxidation sites excluding steroid dienone is 2. The molecule has 1 aliphatic rings. The summed E-state index contributed by atoms with van der Waals surface area (Å²) in [5.74, 6) is -2.49. The Bertz CT molecular complexity index is 1030. The third kappa shape index (κ3) is 6.79. The van der Waals surface area contributed by atoms with E-state index in [1.807, 2.05) is 13.8 Å². The van der Waals surface area contributed by atoms with E-state index in [4.69, 9.17) is 14.2 Å². The van der Waals surface area contributed by atoms with Gasteiger partial charge in [-0.1, -0.05) is 25.5 Å². The van der Waals surface area contributed by atoms with Crippen molar-refractivity contribution in [3.63, 3.8) is 0 Å². The highest BCUT2D eigenvalue weighted by atomic mass is 19.4. The second-order valence-corrected chi connectivity index (χ2v) is 9.12. The summed E-state index contributed by atoms with van der Waals surface area (Å²) >= 11 is 0. The number of ether oxygens (including phenoxy) is 3. The second kappa shape index (κ2) is 12.3. The van der Waals surface area contributed by atoms with Crippen molar-refractivity contribution < 1.29 is 41.8 Å². The number of benzene rings is 1. The molecule has 0 aliphatic carbocycles. The lowest BCUT2D eigenvalue weighted by Gasteiger charge is -2.28. The first-order valence-corrected chi connectivity index (χ1v) is 11.9. The lowest BCUT2D eigenvalue weighted by atomic mass is 9.92. The average Bonchev–Trinajstić information content (AvgIpc) is 3.18. The zero-order valence-corrected chi connectivity index (χ0v) is 21.6. The fourth-order valence-corrected chi connectivity index (χ4v) is 4.04. The number of carbonyl (C=O) groups is 3. The highest BCUT2D eigenvalue weighted by Gasteiger charge is 2.45.